The van der Waals surface area contributed by atoms with Crippen molar-refractivity contribution in [2.75, 3.05) is 13.1 Å². The van der Waals surface area contributed by atoms with E-state index in [4.69, 9.17) is 5.73 Å². The number of nitrogens with zero attached hydrogens (tertiary/aromatic N) is 3. The highest BCUT2D eigenvalue weighted by molar-refractivity contribution is 5.77. The fourth-order valence-electron chi connectivity index (χ4n) is 1.88. The molecule has 0 aliphatic heterocycles. The monoisotopic (exact) mass is 265 g/mol. The van der Waals surface area contributed by atoms with Crippen LogP contribution < -0.4 is 11.1 Å². The zero-order valence-corrected chi connectivity index (χ0v) is 12.0. The summed E-state index contributed by atoms with van der Waals surface area (Å²) in [5.41, 5.74) is 5.78. The molecule has 0 fully saturated rings. The van der Waals surface area contributed by atoms with Crippen molar-refractivity contribution in [3.05, 3.63) is 18.5 Å². The molecule has 0 atom stereocenters. The lowest BCUT2D eigenvalue weighted by molar-refractivity contribution is 0.598. The maximum atomic E-state index is 5.78. The van der Waals surface area contributed by atoms with Crippen molar-refractivity contribution in [2.24, 2.45) is 10.7 Å². The van der Waals surface area contributed by atoms with Gasteiger partial charge in [0.25, 0.3) is 0 Å². The zero-order chi connectivity index (χ0) is 13.8. The Hall–Kier alpha value is -1.52. The average Bonchev–Trinajstić information content (AvgIpc) is 2.91. The van der Waals surface area contributed by atoms with Gasteiger partial charge in [0.15, 0.2) is 5.96 Å². The molecule has 0 saturated heterocycles. The molecule has 0 aromatic carbocycles. The van der Waals surface area contributed by atoms with Gasteiger partial charge in [-0.25, -0.2) is 0 Å². The third-order valence-corrected chi connectivity index (χ3v) is 3.00. The summed E-state index contributed by atoms with van der Waals surface area (Å²) in [4.78, 5) is 4.31. The highest BCUT2D eigenvalue weighted by atomic mass is 15.3. The minimum Gasteiger partial charge on any atom is -0.370 e. The number of nitrogens with two attached hydrogens (primary N) is 1. The molecular formula is C14H27N5. The van der Waals surface area contributed by atoms with Crippen LogP contribution in [0, 0.1) is 0 Å². The fraction of sp³-hybridized carbons (Fsp3) is 0.714. The summed E-state index contributed by atoms with van der Waals surface area (Å²) in [7, 11) is 0. The van der Waals surface area contributed by atoms with Crippen LogP contribution in [-0.4, -0.2) is 28.8 Å². The summed E-state index contributed by atoms with van der Waals surface area (Å²) < 4.78 is 1.87. The van der Waals surface area contributed by atoms with Gasteiger partial charge in [0, 0.05) is 25.5 Å². The van der Waals surface area contributed by atoms with Crippen LogP contribution in [0.3, 0.4) is 0 Å². The molecule has 108 valence electrons. The Morgan fingerprint density at radius 1 is 1.26 bits per heavy atom. The van der Waals surface area contributed by atoms with Gasteiger partial charge in [0.05, 0.1) is 6.54 Å². The zero-order valence-electron chi connectivity index (χ0n) is 12.0. The van der Waals surface area contributed by atoms with Crippen LogP contribution in [-0.2, 0) is 6.54 Å². The number of rotatable bonds is 10. The maximum absolute atomic E-state index is 5.78. The molecule has 0 amide bonds. The molecule has 5 nitrogen and oxygen atoms in total. The summed E-state index contributed by atoms with van der Waals surface area (Å²) in [6.07, 6.45) is 11.4. The molecule has 0 saturated carbocycles. The van der Waals surface area contributed by atoms with E-state index in [9.17, 15) is 0 Å². The number of nitrogens with one attached hydrogen (secondary N) is 1. The summed E-state index contributed by atoms with van der Waals surface area (Å²) in [5, 5.41) is 7.22. The predicted octanol–water partition coefficient (Wildman–Crippen LogP) is 2.15. The second kappa shape index (κ2) is 10.4. The first-order valence-corrected chi connectivity index (χ1v) is 7.34. The first-order chi connectivity index (χ1) is 9.33. The van der Waals surface area contributed by atoms with E-state index >= 15 is 0 Å². The summed E-state index contributed by atoms with van der Waals surface area (Å²) in [5.74, 6) is 0.542. The van der Waals surface area contributed by atoms with Gasteiger partial charge in [-0.2, -0.15) is 5.10 Å². The molecular weight excluding hydrogens is 238 g/mol. The number of aliphatic imine (C=N–C) groups is 1. The number of unbranched alkanes of at least 4 members (excludes halogenated alkanes) is 5. The SMILES string of the molecule is CCCCCCCCN=C(N)NCCn1cccn1. The van der Waals surface area contributed by atoms with Crippen LogP contribution in [0.4, 0.5) is 0 Å². The van der Waals surface area contributed by atoms with Crippen molar-refractivity contribution in [3.63, 3.8) is 0 Å². The molecule has 0 aliphatic carbocycles. The molecule has 19 heavy (non-hydrogen) atoms. The largest absolute Gasteiger partial charge is 0.370 e. The highest BCUT2D eigenvalue weighted by Crippen LogP contribution is 2.04. The van der Waals surface area contributed by atoms with Gasteiger partial charge < -0.3 is 11.1 Å². The van der Waals surface area contributed by atoms with Crippen molar-refractivity contribution in [1.82, 2.24) is 15.1 Å². The van der Waals surface area contributed by atoms with Crippen molar-refractivity contribution >= 4 is 5.96 Å². The Bertz CT molecular complexity index is 332. The van der Waals surface area contributed by atoms with Crippen molar-refractivity contribution in [2.45, 2.75) is 52.0 Å². The Morgan fingerprint density at radius 3 is 2.79 bits per heavy atom. The summed E-state index contributed by atoms with van der Waals surface area (Å²) in [6, 6.07) is 1.91. The lowest BCUT2D eigenvalue weighted by Crippen LogP contribution is -2.34. The molecule has 0 aliphatic rings. The van der Waals surface area contributed by atoms with Crippen LogP contribution in [0.25, 0.3) is 0 Å². The Kier molecular flexibility index (Phi) is 8.51. The Morgan fingerprint density at radius 2 is 2.05 bits per heavy atom. The number of guanidine groups is 1. The van der Waals surface area contributed by atoms with Crippen molar-refractivity contribution in [1.29, 1.82) is 0 Å². The molecule has 3 N–H and O–H groups in total. The first-order valence-electron chi connectivity index (χ1n) is 7.34. The minimum atomic E-state index is 0.542. The van der Waals surface area contributed by atoms with E-state index in [2.05, 4.69) is 22.3 Å². The van der Waals surface area contributed by atoms with E-state index < -0.39 is 0 Å². The van der Waals surface area contributed by atoms with Gasteiger partial charge in [-0.15, -0.1) is 0 Å². The second-order valence-electron chi connectivity index (χ2n) is 4.73. The molecule has 0 bridgehead atoms. The van der Waals surface area contributed by atoms with Crippen LogP contribution >= 0.6 is 0 Å². The lowest BCUT2D eigenvalue weighted by atomic mass is 10.1. The van der Waals surface area contributed by atoms with Gasteiger partial charge in [0.2, 0.25) is 0 Å². The van der Waals surface area contributed by atoms with Crippen LogP contribution in [0.2, 0.25) is 0 Å². The number of hydrogen-bond acceptors (Lipinski definition) is 2. The summed E-state index contributed by atoms with van der Waals surface area (Å²) >= 11 is 0. The Balaban J connectivity index is 1.96. The van der Waals surface area contributed by atoms with Crippen LogP contribution in [0.15, 0.2) is 23.5 Å². The first kappa shape index (κ1) is 15.5. The third-order valence-electron chi connectivity index (χ3n) is 3.00. The van der Waals surface area contributed by atoms with Gasteiger partial charge in [0.1, 0.15) is 0 Å². The minimum absolute atomic E-state index is 0.542. The summed E-state index contributed by atoms with van der Waals surface area (Å²) in [6.45, 7) is 4.63. The standard InChI is InChI=1S/C14H27N5/c1-2-3-4-5-6-7-9-16-14(15)17-11-13-19-12-8-10-18-19/h8,10,12H,2-7,9,11,13H2,1H3,(H3,15,16,17). The van der Waals surface area contributed by atoms with Gasteiger partial charge >= 0.3 is 0 Å². The second-order valence-corrected chi connectivity index (χ2v) is 4.73. The Labute approximate surface area is 116 Å². The van der Waals surface area contributed by atoms with E-state index in [-0.39, 0.29) is 0 Å². The van der Waals surface area contributed by atoms with Crippen molar-refractivity contribution < 1.29 is 0 Å². The van der Waals surface area contributed by atoms with E-state index in [0.29, 0.717) is 5.96 Å². The topological polar surface area (TPSA) is 68.2 Å². The van der Waals surface area contributed by atoms with E-state index in [1.54, 1.807) is 6.20 Å². The molecule has 0 unspecified atom stereocenters. The molecule has 5 heteroatoms. The van der Waals surface area contributed by atoms with Crippen LogP contribution in [0.5, 0.6) is 0 Å². The quantitative estimate of drug-likeness (QED) is 0.387. The van der Waals surface area contributed by atoms with Gasteiger partial charge in [-0.3, -0.25) is 9.67 Å². The highest BCUT2D eigenvalue weighted by Gasteiger charge is 1.93. The van der Waals surface area contributed by atoms with Gasteiger partial charge in [-0.05, 0) is 12.5 Å². The molecule has 1 aromatic rings. The molecule has 0 radical (unpaired) electrons. The third kappa shape index (κ3) is 8.24. The lowest BCUT2D eigenvalue weighted by Gasteiger charge is -2.05. The van der Waals surface area contributed by atoms with Gasteiger partial charge in [-0.1, -0.05) is 39.0 Å². The normalized spacial score (nSPS) is 11.7. The predicted molar refractivity (Wildman–Crippen MR) is 80.1 cm³/mol. The van der Waals surface area contributed by atoms with E-state index in [0.717, 1.165) is 26.1 Å². The molecule has 0 spiro atoms. The molecule has 1 rings (SSSR count). The van der Waals surface area contributed by atoms with E-state index in [1.165, 1.54) is 32.1 Å². The van der Waals surface area contributed by atoms with Crippen LogP contribution in [0.1, 0.15) is 45.4 Å². The smallest absolute Gasteiger partial charge is 0.188 e. The molecule has 1 heterocycles. The fourth-order valence-corrected chi connectivity index (χ4v) is 1.88. The van der Waals surface area contributed by atoms with Crippen molar-refractivity contribution in [3.8, 4) is 0 Å². The van der Waals surface area contributed by atoms with E-state index in [1.807, 2.05) is 16.9 Å². The molecule has 1 aromatic heterocycles. The number of hydrogen-bond donors (Lipinski definition) is 2. The number of aromatic nitrogens is 2. The average molecular weight is 265 g/mol. The maximum Gasteiger partial charge on any atom is 0.188 e.